The third-order valence-corrected chi connectivity index (χ3v) is 7.90. The van der Waals surface area contributed by atoms with E-state index in [2.05, 4.69) is 16.7 Å². The molecule has 0 aliphatic rings. The van der Waals surface area contributed by atoms with Crippen molar-refractivity contribution in [1.29, 1.82) is 0 Å². The fourth-order valence-corrected chi connectivity index (χ4v) is 5.64. The van der Waals surface area contributed by atoms with Crippen molar-refractivity contribution in [1.82, 2.24) is 19.3 Å². The zero-order valence-corrected chi connectivity index (χ0v) is 23.0. The monoisotopic (exact) mass is 552 g/mol. The van der Waals surface area contributed by atoms with Gasteiger partial charge in [0.25, 0.3) is 11.5 Å². The summed E-state index contributed by atoms with van der Waals surface area (Å²) < 4.78 is 3.41. The Kier molecular flexibility index (Phi) is 7.96. The van der Waals surface area contributed by atoms with Crippen LogP contribution in [0.5, 0.6) is 0 Å². The summed E-state index contributed by atoms with van der Waals surface area (Å²) in [7, 11) is 0. The van der Waals surface area contributed by atoms with Gasteiger partial charge in [0.05, 0.1) is 22.1 Å². The molecule has 0 saturated heterocycles. The van der Waals surface area contributed by atoms with E-state index in [4.69, 9.17) is 11.6 Å². The molecule has 0 aliphatic carbocycles. The van der Waals surface area contributed by atoms with Crippen LogP contribution in [0.15, 0.2) is 71.1 Å². The SMILES string of the molecule is C=Cc1ccc(-c2cc(SCc3ccc(Cl)s3)n(C(=O)C(C)(C)C)n2)c(=O)n1CC(=O)c1ccccn1. The molecular formula is C27H25ClN4O3S2. The van der Waals surface area contributed by atoms with E-state index < -0.39 is 11.0 Å². The zero-order valence-electron chi connectivity index (χ0n) is 20.6. The Morgan fingerprint density at radius 2 is 1.95 bits per heavy atom. The second-order valence-corrected chi connectivity index (χ2v) is 12.0. The van der Waals surface area contributed by atoms with Crippen LogP contribution >= 0.6 is 34.7 Å². The highest BCUT2D eigenvalue weighted by atomic mass is 35.5. The number of thiophene rings is 1. The lowest BCUT2D eigenvalue weighted by molar-refractivity contribution is 0.0736. The first-order valence-electron chi connectivity index (χ1n) is 11.4. The minimum atomic E-state index is -0.688. The first kappa shape index (κ1) is 26.8. The third kappa shape index (κ3) is 6.01. The first-order valence-corrected chi connectivity index (χ1v) is 13.6. The molecule has 4 aromatic rings. The summed E-state index contributed by atoms with van der Waals surface area (Å²) in [5.74, 6) is 0.0964. The van der Waals surface area contributed by atoms with Gasteiger partial charge < -0.3 is 4.57 Å². The van der Waals surface area contributed by atoms with Crippen LogP contribution in [0.25, 0.3) is 17.3 Å². The number of hydrogen-bond acceptors (Lipinski definition) is 7. The van der Waals surface area contributed by atoms with Crippen LogP contribution in [0.3, 0.4) is 0 Å². The number of halogens is 1. The maximum atomic E-state index is 13.6. The van der Waals surface area contributed by atoms with Crippen molar-refractivity contribution in [2.24, 2.45) is 5.41 Å². The highest BCUT2D eigenvalue weighted by Crippen LogP contribution is 2.32. The number of pyridine rings is 2. The summed E-state index contributed by atoms with van der Waals surface area (Å²) in [6.07, 6.45) is 3.05. The van der Waals surface area contributed by atoms with Crippen molar-refractivity contribution in [2.75, 3.05) is 0 Å². The lowest BCUT2D eigenvalue weighted by atomic mass is 9.96. The fraction of sp³-hybridized carbons (Fsp3) is 0.222. The molecule has 190 valence electrons. The maximum absolute atomic E-state index is 13.6. The van der Waals surface area contributed by atoms with Gasteiger partial charge in [0, 0.05) is 27.9 Å². The number of hydrogen-bond donors (Lipinski definition) is 0. The molecule has 37 heavy (non-hydrogen) atoms. The first-order chi connectivity index (χ1) is 17.6. The Morgan fingerprint density at radius 3 is 2.57 bits per heavy atom. The van der Waals surface area contributed by atoms with Crippen molar-refractivity contribution in [3.8, 4) is 11.3 Å². The molecule has 0 N–H and O–H groups in total. The van der Waals surface area contributed by atoms with E-state index in [1.165, 1.54) is 44.6 Å². The van der Waals surface area contributed by atoms with E-state index in [-0.39, 0.29) is 29.5 Å². The van der Waals surface area contributed by atoms with Crippen LogP contribution in [0.1, 0.15) is 46.6 Å². The van der Waals surface area contributed by atoms with Gasteiger partial charge >= 0.3 is 0 Å². The van der Waals surface area contributed by atoms with Gasteiger partial charge in [-0.05, 0) is 48.5 Å². The predicted octanol–water partition coefficient (Wildman–Crippen LogP) is 6.33. The van der Waals surface area contributed by atoms with Crippen LogP contribution in [-0.2, 0) is 12.3 Å². The second-order valence-electron chi connectivity index (χ2n) is 9.23. The molecule has 0 saturated carbocycles. The number of ketones is 1. The number of thioether (sulfide) groups is 1. The summed E-state index contributed by atoms with van der Waals surface area (Å²) in [5, 5.41) is 5.16. The third-order valence-electron chi connectivity index (χ3n) is 5.45. The number of Topliss-reactive ketones (excluding diaryl/α,β-unsaturated/α-hetero) is 1. The minimum Gasteiger partial charge on any atom is -0.300 e. The zero-order chi connectivity index (χ0) is 26.7. The molecule has 0 aliphatic heterocycles. The average Bonchev–Trinajstić information content (AvgIpc) is 3.49. The predicted molar refractivity (Wildman–Crippen MR) is 150 cm³/mol. The maximum Gasteiger partial charge on any atom is 0.260 e. The van der Waals surface area contributed by atoms with Gasteiger partial charge in [-0.15, -0.1) is 23.1 Å². The molecule has 4 rings (SSSR count). The van der Waals surface area contributed by atoms with Crippen LogP contribution in [0.4, 0.5) is 0 Å². The molecule has 4 heterocycles. The van der Waals surface area contributed by atoms with E-state index in [0.29, 0.717) is 26.5 Å². The van der Waals surface area contributed by atoms with Crippen molar-refractivity contribution in [2.45, 2.75) is 38.1 Å². The molecule has 10 heteroatoms. The normalized spacial score (nSPS) is 11.5. The van der Waals surface area contributed by atoms with Crippen molar-refractivity contribution in [3.63, 3.8) is 0 Å². The topological polar surface area (TPSA) is 86.9 Å². The molecular weight excluding hydrogens is 528 g/mol. The Labute approximate surface area is 227 Å². The van der Waals surface area contributed by atoms with E-state index >= 15 is 0 Å². The van der Waals surface area contributed by atoms with E-state index in [1.807, 2.05) is 32.9 Å². The number of nitrogens with zero attached hydrogens (tertiary/aromatic N) is 4. The van der Waals surface area contributed by atoms with Gasteiger partial charge in [0.1, 0.15) is 10.7 Å². The lowest BCUT2D eigenvalue weighted by Crippen LogP contribution is -2.29. The minimum absolute atomic E-state index is 0.196. The fourth-order valence-electron chi connectivity index (χ4n) is 3.52. The summed E-state index contributed by atoms with van der Waals surface area (Å²) in [5.41, 5.74) is 0.294. The van der Waals surface area contributed by atoms with Gasteiger partial charge in [0.15, 0.2) is 0 Å². The number of carbonyl (C=O) groups is 2. The summed E-state index contributed by atoms with van der Waals surface area (Å²) in [6, 6.07) is 13.9. The van der Waals surface area contributed by atoms with E-state index in [0.717, 1.165) is 4.88 Å². The molecule has 0 bridgehead atoms. The van der Waals surface area contributed by atoms with Crippen molar-refractivity contribution in [3.05, 3.63) is 92.3 Å². The van der Waals surface area contributed by atoms with Gasteiger partial charge in [-0.25, -0.2) is 0 Å². The largest absolute Gasteiger partial charge is 0.300 e. The lowest BCUT2D eigenvalue weighted by Gasteiger charge is -2.17. The molecule has 7 nitrogen and oxygen atoms in total. The van der Waals surface area contributed by atoms with Gasteiger partial charge in [-0.1, -0.05) is 45.0 Å². The van der Waals surface area contributed by atoms with Crippen molar-refractivity contribution >= 4 is 52.5 Å². The Bertz CT molecular complexity index is 1530. The van der Waals surface area contributed by atoms with Crippen molar-refractivity contribution < 1.29 is 9.59 Å². The number of rotatable bonds is 8. The second kappa shape index (κ2) is 11.0. The van der Waals surface area contributed by atoms with Crippen LogP contribution in [0, 0.1) is 5.41 Å². The Balaban J connectivity index is 1.74. The highest BCUT2D eigenvalue weighted by Gasteiger charge is 2.28. The molecule has 4 aromatic heterocycles. The quantitative estimate of drug-likeness (QED) is 0.188. The van der Waals surface area contributed by atoms with Crippen LogP contribution in [-0.4, -0.2) is 31.0 Å². The Morgan fingerprint density at radius 1 is 1.16 bits per heavy atom. The average molecular weight is 553 g/mol. The Hall–Kier alpha value is -3.27. The number of aromatic nitrogens is 4. The van der Waals surface area contributed by atoms with E-state index in [1.54, 1.807) is 36.4 Å². The summed E-state index contributed by atoms with van der Waals surface area (Å²) in [6.45, 7) is 9.03. The molecule has 0 amide bonds. The smallest absolute Gasteiger partial charge is 0.260 e. The summed E-state index contributed by atoms with van der Waals surface area (Å²) in [4.78, 5) is 44.8. The summed E-state index contributed by atoms with van der Waals surface area (Å²) >= 11 is 8.98. The standard InChI is InChI=1S/C27H25ClN4O3S2/c1-5-17-9-11-19(25(34)31(17)15-22(33)20-8-6-7-13-29-20)21-14-24(32(30-21)26(35)27(2,3)4)36-16-18-10-12-23(28)37-18/h5-14H,1,15-16H2,2-4H3. The molecule has 0 spiro atoms. The molecule has 0 radical (unpaired) electrons. The van der Waals surface area contributed by atoms with Crippen LogP contribution in [0.2, 0.25) is 4.34 Å². The number of carbonyl (C=O) groups excluding carboxylic acids is 2. The van der Waals surface area contributed by atoms with Gasteiger partial charge in [-0.3, -0.25) is 19.4 Å². The molecule has 0 unspecified atom stereocenters. The van der Waals surface area contributed by atoms with Gasteiger partial charge in [0.2, 0.25) is 5.78 Å². The molecule has 0 atom stereocenters. The van der Waals surface area contributed by atoms with Crippen LogP contribution < -0.4 is 5.56 Å². The highest BCUT2D eigenvalue weighted by molar-refractivity contribution is 7.98. The molecule has 0 fully saturated rings. The van der Waals surface area contributed by atoms with Gasteiger partial charge in [-0.2, -0.15) is 9.78 Å². The van der Waals surface area contributed by atoms with E-state index in [9.17, 15) is 14.4 Å². The molecule has 0 aromatic carbocycles.